The lowest BCUT2D eigenvalue weighted by Gasteiger charge is -2.10. The van der Waals surface area contributed by atoms with Crippen LogP contribution in [-0.4, -0.2) is 9.97 Å². The minimum atomic E-state index is -0.222. The molecule has 2 aromatic rings. The van der Waals surface area contributed by atoms with E-state index in [1.54, 1.807) is 0 Å². The predicted molar refractivity (Wildman–Crippen MR) is 70.0 cm³/mol. The van der Waals surface area contributed by atoms with Crippen molar-refractivity contribution in [1.82, 2.24) is 9.97 Å². The molecule has 2 rings (SSSR count). The first kappa shape index (κ1) is 11.7. The molecule has 0 fully saturated rings. The largest absolute Gasteiger partial charge is 0.383 e. The van der Waals surface area contributed by atoms with Crippen LogP contribution in [0.25, 0.3) is 0 Å². The zero-order chi connectivity index (χ0) is 12.3. The number of nitrogens with two attached hydrogens (primary N) is 1. The fourth-order valence-electron chi connectivity index (χ4n) is 1.47. The van der Waals surface area contributed by atoms with Gasteiger partial charge in [-0.2, -0.15) is 0 Å². The van der Waals surface area contributed by atoms with Crippen LogP contribution >= 0.6 is 11.8 Å². The lowest BCUT2D eigenvalue weighted by Crippen LogP contribution is -2.09. The van der Waals surface area contributed by atoms with Gasteiger partial charge in [0.15, 0.2) is 5.16 Å². The molecule has 1 aromatic carbocycles. The van der Waals surface area contributed by atoms with E-state index >= 15 is 0 Å². The number of aromatic amines is 1. The van der Waals surface area contributed by atoms with Crippen molar-refractivity contribution < 1.29 is 0 Å². The zero-order valence-corrected chi connectivity index (χ0v) is 10.2. The van der Waals surface area contributed by atoms with Crippen molar-refractivity contribution >= 4 is 17.6 Å². The lowest BCUT2D eigenvalue weighted by molar-refractivity contribution is 0.933. The van der Waals surface area contributed by atoms with Crippen LogP contribution in [0, 0.1) is 0 Å². The SMILES string of the molecule is CC(Sc1nc(N)cc(=O)[nH]1)c1ccccc1. The number of nitrogens with one attached hydrogen (secondary N) is 1. The van der Waals surface area contributed by atoms with Crippen LogP contribution in [-0.2, 0) is 0 Å². The molecule has 3 N–H and O–H groups in total. The van der Waals surface area contributed by atoms with E-state index in [1.165, 1.54) is 23.4 Å². The van der Waals surface area contributed by atoms with E-state index in [9.17, 15) is 4.79 Å². The highest BCUT2D eigenvalue weighted by Crippen LogP contribution is 2.31. The number of aromatic nitrogens is 2. The van der Waals surface area contributed by atoms with Crippen LogP contribution in [0.1, 0.15) is 17.7 Å². The minimum absolute atomic E-state index is 0.209. The van der Waals surface area contributed by atoms with Crippen molar-refractivity contribution in [2.75, 3.05) is 5.73 Å². The molecule has 0 saturated heterocycles. The monoisotopic (exact) mass is 247 g/mol. The Labute approximate surface area is 103 Å². The highest BCUT2D eigenvalue weighted by atomic mass is 32.2. The zero-order valence-electron chi connectivity index (χ0n) is 9.38. The fourth-order valence-corrected chi connectivity index (χ4v) is 2.41. The van der Waals surface area contributed by atoms with Crippen molar-refractivity contribution in [3.63, 3.8) is 0 Å². The first-order chi connectivity index (χ1) is 8.15. The van der Waals surface area contributed by atoms with Crippen LogP contribution in [0.15, 0.2) is 46.3 Å². The third kappa shape index (κ3) is 3.10. The Morgan fingerprint density at radius 1 is 1.35 bits per heavy atom. The van der Waals surface area contributed by atoms with E-state index in [0.717, 1.165) is 0 Å². The van der Waals surface area contributed by atoms with E-state index in [4.69, 9.17) is 5.73 Å². The van der Waals surface area contributed by atoms with Gasteiger partial charge in [-0.15, -0.1) is 0 Å². The number of anilines is 1. The van der Waals surface area contributed by atoms with Gasteiger partial charge in [-0.3, -0.25) is 4.79 Å². The maximum absolute atomic E-state index is 11.2. The summed E-state index contributed by atoms with van der Waals surface area (Å²) >= 11 is 1.48. The van der Waals surface area contributed by atoms with Crippen LogP contribution in [0.3, 0.4) is 0 Å². The molecule has 5 heteroatoms. The average Bonchev–Trinajstić information content (AvgIpc) is 2.28. The molecule has 0 radical (unpaired) electrons. The molecule has 1 atom stereocenters. The summed E-state index contributed by atoms with van der Waals surface area (Å²) in [7, 11) is 0. The molecule has 1 unspecified atom stereocenters. The molecular formula is C12H13N3OS. The molecular weight excluding hydrogens is 234 g/mol. The summed E-state index contributed by atoms with van der Waals surface area (Å²) in [6.45, 7) is 2.06. The third-order valence-corrected chi connectivity index (χ3v) is 3.34. The Balaban J connectivity index is 2.18. The first-order valence-corrected chi connectivity index (χ1v) is 6.11. The van der Waals surface area contributed by atoms with Gasteiger partial charge in [0.1, 0.15) is 5.82 Å². The standard InChI is InChI=1S/C12H13N3OS/c1-8(9-5-3-2-4-6-9)17-12-14-10(13)7-11(16)15-12/h2-8H,1H3,(H3,13,14,15,16). The average molecular weight is 247 g/mol. The Hall–Kier alpha value is -1.75. The second-order valence-electron chi connectivity index (χ2n) is 3.65. The number of benzene rings is 1. The molecule has 1 heterocycles. The van der Waals surface area contributed by atoms with Crippen LogP contribution in [0.4, 0.5) is 5.82 Å². The van der Waals surface area contributed by atoms with Gasteiger partial charge in [0.2, 0.25) is 0 Å². The van der Waals surface area contributed by atoms with E-state index in [0.29, 0.717) is 5.16 Å². The number of hydrogen-bond donors (Lipinski definition) is 2. The summed E-state index contributed by atoms with van der Waals surface area (Å²) in [6.07, 6.45) is 0. The lowest BCUT2D eigenvalue weighted by atomic mass is 10.2. The van der Waals surface area contributed by atoms with Crippen LogP contribution in [0.2, 0.25) is 0 Å². The summed E-state index contributed by atoms with van der Waals surface area (Å²) in [5.74, 6) is 0.247. The van der Waals surface area contributed by atoms with Gasteiger partial charge >= 0.3 is 0 Å². The third-order valence-electron chi connectivity index (χ3n) is 2.30. The molecule has 17 heavy (non-hydrogen) atoms. The van der Waals surface area contributed by atoms with Crippen molar-refractivity contribution in [2.24, 2.45) is 0 Å². The topological polar surface area (TPSA) is 71.8 Å². The molecule has 0 bridgehead atoms. The summed E-state index contributed by atoms with van der Waals surface area (Å²) in [6, 6.07) is 11.3. The molecule has 1 aromatic heterocycles. The molecule has 88 valence electrons. The van der Waals surface area contributed by atoms with Gasteiger partial charge in [0.05, 0.1) is 0 Å². The number of nitrogens with zero attached hydrogens (tertiary/aromatic N) is 1. The molecule has 0 aliphatic rings. The Morgan fingerprint density at radius 3 is 2.71 bits per heavy atom. The van der Waals surface area contributed by atoms with Crippen LogP contribution < -0.4 is 11.3 Å². The molecule has 0 aliphatic heterocycles. The van der Waals surface area contributed by atoms with Gasteiger partial charge in [-0.05, 0) is 12.5 Å². The van der Waals surface area contributed by atoms with E-state index in [-0.39, 0.29) is 16.6 Å². The normalized spacial score (nSPS) is 12.3. The summed E-state index contributed by atoms with van der Waals surface area (Å²) in [5.41, 5.74) is 6.49. The van der Waals surface area contributed by atoms with Gasteiger partial charge in [0.25, 0.3) is 5.56 Å². The molecule has 0 spiro atoms. The molecule has 0 aliphatic carbocycles. The number of H-pyrrole nitrogens is 1. The van der Waals surface area contributed by atoms with Gasteiger partial charge < -0.3 is 10.7 Å². The number of thioether (sulfide) groups is 1. The van der Waals surface area contributed by atoms with Crippen molar-refractivity contribution in [3.05, 3.63) is 52.3 Å². The maximum Gasteiger partial charge on any atom is 0.253 e. The van der Waals surface area contributed by atoms with Crippen LogP contribution in [0.5, 0.6) is 0 Å². The Bertz CT molecular complexity index is 553. The second-order valence-corrected chi connectivity index (χ2v) is 4.98. The van der Waals surface area contributed by atoms with Gasteiger partial charge in [0, 0.05) is 11.3 Å². The van der Waals surface area contributed by atoms with Crippen molar-refractivity contribution in [1.29, 1.82) is 0 Å². The quantitative estimate of drug-likeness (QED) is 0.644. The molecule has 0 amide bonds. The maximum atomic E-state index is 11.2. The van der Waals surface area contributed by atoms with Crippen molar-refractivity contribution in [2.45, 2.75) is 17.3 Å². The fraction of sp³-hybridized carbons (Fsp3) is 0.167. The highest BCUT2D eigenvalue weighted by Gasteiger charge is 2.09. The van der Waals surface area contributed by atoms with Gasteiger partial charge in [-0.1, -0.05) is 42.1 Å². The summed E-state index contributed by atoms with van der Waals surface area (Å²) in [5, 5.41) is 0.757. The smallest absolute Gasteiger partial charge is 0.253 e. The summed E-state index contributed by atoms with van der Waals surface area (Å²) < 4.78 is 0. The van der Waals surface area contributed by atoms with E-state index in [1.807, 2.05) is 30.3 Å². The summed E-state index contributed by atoms with van der Waals surface area (Å²) in [4.78, 5) is 18.0. The molecule has 4 nitrogen and oxygen atoms in total. The van der Waals surface area contributed by atoms with Gasteiger partial charge in [-0.25, -0.2) is 4.98 Å². The number of nitrogen functional groups attached to an aromatic ring is 1. The predicted octanol–water partition coefficient (Wildman–Crippen LogP) is 2.21. The van der Waals surface area contributed by atoms with Crippen molar-refractivity contribution in [3.8, 4) is 0 Å². The minimum Gasteiger partial charge on any atom is -0.383 e. The first-order valence-electron chi connectivity index (χ1n) is 5.23. The Morgan fingerprint density at radius 2 is 2.06 bits per heavy atom. The number of hydrogen-bond acceptors (Lipinski definition) is 4. The van der Waals surface area contributed by atoms with E-state index < -0.39 is 0 Å². The number of rotatable bonds is 3. The second kappa shape index (κ2) is 5.05. The highest BCUT2D eigenvalue weighted by molar-refractivity contribution is 7.99. The molecule has 0 saturated carbocycles. The van der Waals surface area contributed by atoms with E-state index in [2.05, 4.69) is 16.9 Å². The Kier molecular flexibility index (Phi) is 3.49.